The summed E-state index contributed by atoms with van der Waals surface area (Å²) in [7, 11) is 1.49. The highest BCUT2D eigenvalue weighted by atomic mass is 32.1. The van der Waals surface area contributed by atoms with Crippen LogP contribution in [0.5, 0.6) is 5.75 Å². The largest absolute Gasteiger partial charge is 0.497 e. The quantitative estimate of drug-likeness (QED) is 0.322. The van der Waals surface area contributed by atoms with Gasteiger partial charge in [-0.15, -0.1) is 11.3 Å². The van der Waals surface area contributed by atoms with Gasteiger partial charge in [0.25, 0.3) is 11.6 Å². The van der Waals surface area contributed by atoms with Crippen molar-refractivity contribution in [3.05, 3.63) is 90.3 Å². The van der Waals surface area contributed by atoms with Gasteiger partial charge in [-0.3, -0.25) is 24.6 Å². The maximum Gasteiger partial charge on any atom is 0.297 e. The molecule has 0 saturated carbocycles. The van der Waals surface area contributed by atoms with E-state index in [0.29, 0.717) is 16.4 Å². The summed E-state index contributed by atoms with van der Waals surface area (Å²) in [5.74, 6) is -0.158. The van der Waals surface area contributed by atoms with Gasteiger partial charge in [0.2, 0.25) is 5.76 Å². The maximum atomic E-state index is 13.6. The molecule has 0 bridgehead atoms. The fraction of sp³-hybridized carbons (Fsp3) is 0.174. The minimum Gasteiger partial charge on any atom is -0.497 e. The molecule has 1 aliphatic rings. The maximum absolute atomic E-state index is 13.6. The molecule has 166 valence electrons. The molecule has 0 fully saturated rings. The van der Waals surface area contributed by atoms with Crippen molar-refractivity contribution in [2.75, 3.05) is 12.0 Å². The van der Waals surface area contributed by atoms with Gasteiger partial charge in [-0.05, 0) is 31.5 Å². The summed E-state index contributed by atoms with van der Waals surface area (Å²) in [6.07, 6.45) is 0. The van der Waals surface area contributed by atoms with Crippen LogP contribution in [0.2, 0.25) is 0 Å². The minimum absolute atomic E-state index is 0.109. The van der Waals surface area contributed by atoms with E-state index in [4.69, 9.17) is 9.15 Å². The van der Waals surface area contributed by atoms with Crippen LogP contribution in [0, 0.1) is 24.0 Å². The molecular weight excluding hydrogens is 446 g/mol. The number of amides is 1. The van der Waals surface area contributed by atoms with Crippen LogP contribution in [0.25, 0.3) is 11.0 Å². The number of benzene rings is 2. The Morgan fingerprint density at radius 1 is 1.18 bits per heavy atom. The monoisotopic (exact) mass is 463 g/mol. The number of hydrogen-bond acceptors (Lipinski definition) is 8. The molecule has 9 nitrogen and oxygen atoms in total. The number of carbonyl (C=O) groups excluding carboxylic acids is 1. The molecule has 1 atom stereocenters. The summed E-state index contributed by atoms with van der Waals surface area (Å²) in [5.41, 5.74) is 0.995. The summed E-state index contributed by atoms with van der Waals surface area (Å²) in [6.45, 7) is 3.71. The number of hydrogen-bond donors (Lipinski definition) is 0. The number of nitro groups is 1. The van der Waals surface area contributed by atoms with E-state index in [0.717, 1.165) is 10.6 Å². The van der Waals surface area contributed by atoms with Crippen LogP contribution in [0.4, 0.5) is 10.8 Å². The molecule has 1 amide bonds. The molecule has 2 aromatic heterocycles. The number of aryl methyl sites for hydroxylation is 2. The lowest BCUT2D eigenvalue weighted by molar-refractivity contribution is -0.384. The Kier molecular flexibility index (Phi) is 4.75. The number of anilines is 1. The average Bonchev–Trinajstić information content (AvgIpc) is 3.29. The molecule has 0 spiro atoms. The second-order valence-electron chi connectivity index (χ2n) is 7.60. The van der Waals surface area contributed by atoms with Gasteiger partial charge < -0.3 is 9.15 Å². The molecule has 0 aliphatic carbocycles. The fourth-order valence-corrected chi connectivity index (χ4v) is 4.89. The summed E-state index contributed by atoms with van der Waals surface area (Å²) >= 11 is 1.31. The molecule has 2 aromatic carbocycles. The van der Waals surface area contributed by atoms with Crippen LogP contribution < -0.4 is 15.1 Å². The Labute approximate surface area is 191 Å². The van der Waals surface area contributed by atoms with Crippen LogP contribution >= 0.6 is 11.3 Å². The zero-order chi connectivity index (χ0) is 23.4. The van der Waals surface area contributed by atoms with E-state index in [1.165, 1.54) is 41.5 Å². The van der Waals surface area contributed by atoms with E-state index < -0.39 is 16.9 Å². The van der Waals surface area contributed by atoms with Crippen molar-refractivity contribution in [2.45, 2.75) is 19.9 Å². The fourth-order valence-electron chi connectivity index (χ4n) is 3.96. The predicted octanol–water partition coefficient (Wildman–Crippen LogP) is 4.53. The Morgan fingerprint density at radius 2 is 1.97 bits per heavy atom. The predicted molar refractivity (Wildman–Crippen MR) is 122 cm³/mol. The van der Waals surface area contributed by atoms with Crippen molar-refractivity contribution >= 4 is 39.0 Å². The van der Waals surface area contributed by atoms with Crippen molar-refractivity contribution in [1.82, 2.24) is 4.98 Å². The lowest BCUT2D eigenvalue weighted by Crippen LogP contribution is -2.29. The van der Waals surface area contributed by atoms with E-state index in [9.17, 15) is 19.7 Å². The highest BCUT2D eigenvalue weighted by Gasteiger charge is 2.45. The minimum atomic E-state index is -0.917. The van der Waals surface area contributed by atoms with E-state index in [-0.39, 0.29) is 33.4 Å². The average molecular weight is 463 g/mol. The molecule has 33 heavy (non-hydrogen) atoms. The molecule has 3 heterocycles. The van der Waals surface area contributed by atoms with Crippen molar-refractivity contribution in [3.63, 3.8) is 0 Å². The van der Waals surface area contributed by atoms with Crippen LogP contribution in [0.1, 0.15) is 38.3 Å². The van der Waals surface area contributed by atoms with Gasteiger partial charge in [-0.1, -0.05) is 12.1 Å². The van der Waals surface area contributed by atoms with Crippen LogP contribution in [0.15, 0.2) is 51.7 Å². The molecule has 4 aromatic rings. The first-order valence-corrected chi connectivity index (χ1v) is 10.8. The number of aromatic nitrogens is 1. The third-order valence-electron chi connectivity index (χ3n) is 5.70. The number of rotatable bonds is 4. The molecule has 0 N–H and O–H groups in total. The second-order valence-corrected chi connectivity index (χ2v) is 8.79. The van der Waals surface area contributed by atoms with Crippen LogP contribution in [-0.4, -0.2) is 22.9 Å². The summed E-state index contributed by atoms with van der Waals surface area (Å²) in [4.78, 5) is 44.9. The first kappa shape index (κ1) is 20.8. The van der Waals surface area contributed by atoms with Gasteiger partial charge in [0.1, 0.15) is 11.3 Å². The Morgan fingerprint density at radius 3 is 2.64 bits per heavy atom. The standard InChI is InChI=1S/C23H17N3O6S/c1-11-12(2)33-23(24-11)25-19(13-5-4-6-14(9-13)26(29)30)18-20(27)16-8-7-15(31-3)10-17(16)32-21(18)22(25)28/h4-10,19H,1-3H3. The number of nitrogens with zero attached hydrogens (tertiary/aromatic N) is 3. The molecule has 0 saturated heterocycles. The normalized spacial score (nSPS) is 15.2. The van der Waals surface area contributed by atoms with Crippen molar-refractivity contribution < 1.29 is 18.9 Å². The van der Waals surface area contributed by atoms with Crippen molar-refractivity contribution in [3.8, 4) is 5.75 Å². The Bertz CT molecular complexity index is 1500. The number of nitro benzene ring substituents is 1. The summed E-state index contributed by atoms with van der Waals surface area (Å²) < 4.78 is 11.1. The van der Waals surface area contributed by atoms with E-state index >= 15 is 0 Å². The van der Waals surface area contributed by atoms with E-state index in [2.05, 4.69) is 4.98 Å². The highest BCUT2D eigenvalue weighted by molar-refractivity contribution is 7.15. The molecule has 5 rings (SSSR count). The van der Waals surface area contributed by atoms with Crippen LogP contribution in [0.3, 0.4) is 0 Å². The van der Waals surface area contributed by atoms with Gasteiger partial charge in [-0.2, -0.15) is 0 Å². The number of ether oxygens (including phenoxy) is 1. The third-order valence-corrected chi connectivity index (χ3v) is 6.77. The first-order chi connectivity index (χ1) is 15.8. The number of carbonyl (C=O) groups is 1. The summed E-state index contributed by atoms with van der Waals surface area (Å²) in [5, 5.41) is 12.1. The van der Waals surface area contributed by atoms with Gasteiger partial charge in [0, 0.05) is 23.1 Å². The molecule has 1 aliphatic heterocycles. The second kappa shape index (κ2) is 7.52. The van der Waals surface area contributed by atoms with Gasteiger partial charge in [0.05, 0.1) is 34.7 Å². The SMILES string of the molecule is COc1ccc2c(=O)c3c(oc2c1)C(=O)N(c1nc(C)c(C)s1)C3c1cccc([N+](=O)[O-])c1. The smallest absolute Gasteiger partial charge is 0.297 e. The van der Waals surface area contributed by atoms with E-state index in [1.54, 1.807) is 24.3 Å². The lowest BCUT2D eigenvalue weighted by Gasteiger charge is -2.22. The topological polar surface area (TPSA) is 116 Å². The molecule has 1 unspecified atom stereocenters. The van der Waals surface area contributed by atoms with E-state index in [1.807, 2.05) is 13.8 Å². The lowest BCUT2D eigenvalue weighted by atomic mass is 9.98. The molecule has 0 radical (unpaired) electrons. The first-order valence-electron chi connectivity index (χ1n) is 9.97. The zero-order valence-electron chi connectivity index (χ0n) is 17.8. The number of methoxy groups -OCH3 is 1. The van der Waals surface area contributed by atoms with Crippen molar-refractivity contribution in [1.29, 1.82) is 0 Å². The van der Waals surface area contributed by atoms with Crippen LogP contribution in [-0.2, 0) is 0 Å². The highest BCUT2D eigenvalue weighted by Crippen LogP contribution is 2.43. The summed E-state index contributed by atoms with van der Waals surface area (Å²) in [6, 6.07) is 9.75. The van der Waals surface area contributed by atoms with Gasteiger partial charge in [-0.25, -0.2) is 4.98 Å². The molecular formula is C23H17N3O6S. The number of fused-ring (bicyclic) bond motifs is 2. The van der Waals surface area contributed by atoms with Crippen molar-refractivity contribution in [2.24, 2.45) is 0 Å². The Balaban J connectivity index is 1.81. The number of thiazole rings is 1. The molecule has 10 heteroatoms. The van der Waals surface area contributed by atoms with Gasteiger partial charge in [0.15, 0.2) is 10.6 Å². The Hall–Kier alpha value is -4.05. The van der Waals surface area contributed by atoms with Gasteiger partial charge >= 0.3 is 0 Å². The third kappa shape index (κ3) is 3.18. The zero-order valence-corrected chi connectivity index (χ0v) is 18.6. The number of non-ortho nitro benzene ring substituents is 1.